The topological polar surface area (TPSA) is 15.3 Å². The molecule has 15 heavy (non-hydrogen) atoms. The maximum absolute atomic E-state index is 3.89. The fourth-order valence-corrected chi connectivity index (χ4v) is 2.80. The largest absolute Gasteiger partial charge is 0.311 e. The highest BCUT2D eigenvalue weighted by Gasteiger charge is 2.31. The van der Waals surface area contributed by atoms with E-state index in [1.54, 1.807) is 0 Å². The predicted octanol–water partition coefficient (Wildman–Crippen LogP) is 2.25. The van der Waals surface area contributed by atoms with E-state index in [-0.39, 0.29) is 0 Å². The molecule has 1 N–H and O–H groups in total. The average molecular weight is 210 g/mol. The van der Waals surface area contributed by atoms with Crippen LogP contribution in [0, 0.1) is 5.92 Å². The maximum Gasteiger partial charge on any atom is 0.00953 e. The van der Waals surface area contributed by atoms with Gasteiger partial charge in [-0.05, 0) is 57.7 Å². The molecule has 2 nitrogen and oxygen atoms in total. The average Bonchev–Trinajstić information content (AvgIpc) is 3.10. The van der Waals surface area contributed by atoms with Gasteiger partial charge < -0.3 is 10.2 Å². The van der Waals surface area contributed by atoms with Crippen molar-refractivity contribution in [2.45, 2.75) is 58.0 Å². The molecule has 0 amide bonds. The van der Waals surface area contributed by atoms with Crippen molar-refractivity contribution in [3.05, 3.63) is 0 Å². The normalized spacial score (nSPS) is 26.8. The zero-order valence-electron chi connectivity index (χ0n) is 10.3. The Morgan fingerprint density at radius 3 is 2.27 bits per heavy atom. The van der Waals surface area contributed by atoms with Crippen LogP contribution in [0.4, 0.5) is 0 Å². The maximum atomic E-state index is 3.89. The van der Waals surface area contributed by atoms with Gasteiger partial charge in [0.2, 0.25) is 0 Å². The molecular formula is C13H26N2. The molecule has 1 atom stereocenters. The van der Waals surface area contributed by atoms with Crippen molar-refractivity contribution in [3.8, 4) is 0 Å². The van der Waals surface area contributed by atoms with Gasteiger partial charge in [0.05, 0.1) is 0 Å². The minimum Gasteiger partial charge on any atom is -0.311 e. The standard InChI is InChI=1S/C13H26N2/c1-3-13(11-5-6-11)14-12-7-9-15(4-2)10-8-12/h11-14H,3-10H2,1-2H3. The molecule has 2 heteroatoms. The molecule has 2 fully saturated rings. The number of likely N-dealkylation sites (tertiary alicyclic amines) is 1. The summed E-state index contributed by atoms with van der Waals surface area (Å²) in [6.07, 6.45) is 6.98. The van der Waals surface area contributed by atoms with Gasteiger partial charge >= 0.3 is 0 Å². The highest BCUT2D eigenvalue weighted by atomic mass is 15.1. The lowest BCUT2D eigenvalue weighted by Gasteiger charge is -2.34. The third-order valence-electron chi connectivity index (χ3n) is 4.12. The predicted molar refractivity (Wildman–Crippen MR) is 65.1 cm³/mol. The van der Waals surface area contributed by atoms with E-state index in [4.69, 9.17) is 0 Å². The third-order valence-corrected chi connectivity index (χ3v) is 4.12. The summed E-state index contributed by atoms with van der Waals surface area (Å²) in [6.45, 7) is 8.43. The zero-order chi connectivity index (χ0) is 10.7. The van der Waals surface area contributed by atoms with Crippen LogP contribution in [-0.2, 0) is 0 Å². The van der Waals surface area contributed by atoms with Gasteiger partial charge in [0.25, 0.3) is 0 Å². The number of rotatable bonds is 5. The monoisotopic (exact) mass is 210 g/mol. The van der Waals surface area contributed by atoms with Crippen molar-refractivity contribution in [3.63, 3.8) is 0 Å². The van der Waals surface area contributed by atoms with Gasteiger partial charge in [-0.1, -0.05) is 13.8 Å². The molecule has 1 aliphatic heterocycles. The number of piperidine rings is 1. The SMILES string of the molecule is CCC(NC1CCN(CC)CC1)C1CC1. The molecular weight excluding hydrogens is 184 g/mol. The summed E-state index contributed by atoms with van der Waals surface area (Å²) in [4.78, 5) is 2.57. The fourth-order valence-electron chi connectivity index (χ4n) is 2.80. The highest BCUT2D eigenvalue weighted by Crippen LogP contribution is 2.34. The molecule has 0 aromatic carbocycles. The van der Waals surface area contributed by atoms with Gasteiger partial charge in [-0.2, -0.15) is 0 Å². The first-order valence-corrected chi connectivity index (χ1v) is 6.81. The van der Waals surface area contributed by atoms with Crippen molar-refractivity contribution in [2.24, 2.45) is 5.92 Å². The Bertz CT molecular complexity index is 181. The van der Waals surface area contributed by atoms with Gasteiger partial charge in [0.1, 0.15) is 0 Å². The Kier molecular flexibility index (Phi) is 4.04. The van der Waals surface area contributed by atoms with E-state index in [9.17, 15) is 0 Å². The van der Waals surface area contributed by atoms with E-state index < -0.39 is 0 Å². The number of nitrogens with zero attached hydrogens (tertiary/aromatic N) is 1. The number of hydrogen-bond donors (Lipinski definition) is 1. The zero-order valence-corrected chi connectivity index (χ0v) is 10.3. The summed E-state index contributed by atoms with van der Waals surface area (Å²) in [5, 5.41) is 3.89. The van der Waals surface area contributed by atoms with Crippen LogP contribution in [0.2, 0.25) is 0 Å². The number of nitrogens with one attached hydrogen (secondary N) is 1. The van der Waals surface area contributed by atoms with Crippen LogP contribution in [0.25, 0.3) is 0 Å². The smallest absolute Gasteiger partial charge is 0.00953 e. The summed E-state index contributed by atoms with van der Waals surface area (Å²) < 4.78 is 0. The van der Waals surface area contributed by atoms with Crippen molar-refractivity contribution >= 4 is 0 Å². The van der Waals surface area contributed by atoms with Crippen LogP contribution in [0.1, 0.15) is 46.0 Å². The van der Waals surface area contributed by atoms with Crippen molar-refractivity contribution in [2.75, 3.05) is 19.6 Å². The molecule has 88 valence electrons. The molecule has 2 aliphatic rings. The second-order valence-corrected chi connectivity index (χ2v) is 5.23. The molecule has 0 aromatic heterocycles. The first-order chi connectivity index (χ1) is 7.33. The number of hydrogen-bond acceptors (Lipinski definition) is 2. The molecule has 1 unspecified atom stereocenters. The molecule has 1 heterocycles. The summed E-state index contributed by atoms with van der Waals surface area (Å²) in [7, 11) is 0. The molecule has 2 rings (SSSR count). The van der Waals surface area contributed by atoms with Crippen molar-refractivity contribution in [1.82, 2.24) is 10.2 Å². The Hall–Kier alpha value is -0.0800. The van der Waals surface area contributed by atoms with Crippen molar-refractivity contribution in [1.29, 1.82) is 0 Å². The van der Waals surface area contributed by atoms with E-state index in [1.807, 2.05) is 0 Å². The Morgan fingerprint density at radius 2 is 1.80 bits per heavy atom. The van der Waals surface area contributed by atoms with Crippen LogP contribution < -0.4 is 5.32 Å². The second-order valence-electron chi connectivity index (χ2n) is 5.23. The van der Waals surface area contributed by atoms with E-state index in [0.717, 1.165) is 18.0 Å². The van der Waals surface area contributed by atoms with Crippen LogP contribution in [0.15, 0.2) is 0 Å². The van der Waals surface area contributed by atoms with E-state index in [2.05, 4.69) is 24.1 Å². The molecule has 1 saturated carbocycles. The lowest BCUT2D eigenvalue weighted by Crippen LogP contribution is -2.46. The van der Waals surface area contributed by atoms with Crippen LogP contribution in [0.5, 0.6) is 0 Å². The molecule has 0 radical (unpaired) electrons. The van der Waals surface area contributed by atoms with Gasteiger partial charge in [-0.3, -0.25) is 0 Å². The summed E-state index contributed by atoms with van der Waals surface area (Å²) in [5.74, 6) is 1.01. The van der Waals surface area contributed by atoms with Gasteiger partial charge in [0.15, 0.2) is 0 Å². The fraction of sp³-hybridized carbons (Fsp3) is 1.00. The highest BCUT2D eigenvalue weighted by molar-refractivity contribution is 4.89. The Labute approximate surface area is 94.4 Å². The first-order valence-electron chi connectivity index (χ1n) is 6.81. The van der Waals surface area contributed by atoms with Crippen LogP contribution in [0.3, 0.4) is 0 Å². The van der Waals surface area contributed by atoms with Crippen LogP contribution >= 0.6 is 0 Å². The molecule has 0 bridgehead atoms. The Balaban J connectivity index is 1.70. The summed E-state index contributed by atoms with van der Waals surface area (Å²) in [5.41, 5.74) is 0. The molecule has 1 saturated heterocycles. The summed E-state index contributed by atoms with van der Waals surface area (Å²) >= 11 is 0. The van der Waals surface area contributed by atoms with E-state index in [0.29, 0.717) is 0 Å². The third kappa shape index (κ3) is 3.18. The van der Waals surface area contributed by atoms with Gasteiger partial charge in [-0.15, -0.1) is 0 Å². The van der Waals surface area contributed by atoms with Gasteiger partial charge in [0, 0.05) is 12.1 Å². The minimum atomic E-state index is 0.804. The van der Waals surface area contributed by atoms with Crippen LogP contribution in [-0.4, -0.2) is 36.6 Å². The van der Waals surface area contributed by atoms with Crippen molar-refractivity contribution < 1.29 is 0 Å². The molecule has 1 aliphatic carbocycles. The Morgan fingerprint density at radius 1 is 1.13 bits per heavy atom. The molecule has 0 spiro atoms. The second kappa shape index (κ2) is 5.31. The minimum absolute atomic E-state index is 0.804. The quantitative estimate of drug-likeness (QED) is 0.749. The molecule has 0 aromatic rings. The lowest BCUT2D eigenvalue weighted by atomic mass is 10.0. The van der Waals surface area contributed by atoms with E-state index >= 15 is 0 Å². The first kappa shape index (κ1) is 11.4. The lowest BCUT2D eigenvalue weighted by molar-refractivity contribution is 0.194. The summed E-state index contributed by atoms with van der Waals surface area (Å²) in [6, 6.07) is 1.63. The van der Waals surface area contributed by atoms with Gasteiger partial charge in [-0.25, -0.2) is 0 Å². The van der Waals surface area contributed by atoms with E-state index in [1.165, 1.54) is 51.7 Å².